The fraction of sp³-hybridized carbons (Fsp3) is 0.625. The van der Waals surface area contributed by atoms with Crippen LogP contribution in [0.25, 0.3) is 0 Å². The summed E-state index contributed by atoms with van der Waals surface area (Å²) >= 11 is 0. The summed E-state index contributed by atoms with van der Waals surface area (Å²) in [6, 6.07) is 8.24. The van der Waals surface area contributed by atoms with Gasteiger partial charge in [-0.2, -0.15) is 5.26 Å². The number of hydrogen-bond donors (Lipinski definition) is 1. The first kappa shape index (κ1) is 19.6. The minimum absolute atomic E-state index is 0.0680. The molecule has 4 aliphatic carbocycles. The Kier molecular flexibility index (Phi) is 4.82. The minimum atomic E-state index is -0.709. The third-order valence-electron chi connectivity index (χ3n) is 7.77. The SMILES string of the molecule is N#Cc1ccc(COC(=O)[C@H]2C[C@H](O)CN2C(=O)C23CC4CC(CC(C4)C2)C3)cc1. The Morgan fingerprint density at radius 2 is 1.67 bits per heavy atom. The molecular weight excluding hydrogens is 380 g/mol. The van der Waals surface area contributed by atoms with E-state index in [1.807, 2.05) is 0 Å². The Bertz CT molecular complexity index is 852. The first-order chi connectivity index (χ1) is 14.5. The van der Waals surface area contributed by atoms with Gasteiger partial charge in [-0.25, -0.2) is 4.79 Å². The number of benzene rings is 1. The Morgan fingerprint density at radius 3 is 2.23 bits per heavy atom. The van der Waals surface area contributed by atoms with Crippen molar-refractivity contribution in [3.63, 3.8) is 0 Å². The van der Waals surface area contributed by atoms with Gasteiger partial charge in [-0.15, -0.1) is 0 Å². The molecule has 1 N–H and O–H groups in total. The predicted molar refractivity (Wildman–Crippen MR) is 108 cm³/mol. The molecule has 0 spiro atoms. The van der Waals surface area contributed by atoms with E-state index in [1.165, 1.54) is 19.3 Å². The van der Waals surface area contributed by atoms with Crippen LogP contribution in [0.15, 0.2) is 24.3 Å². The second-order valence-electron chi connectivity index (χ2n) is 9.98. The van der Waals surface area contributed by atoms with Crippen LogP contribution in [0.5, 0.6) is 0 Å². The number of likely N-dealkylation sites (tertiary alicyclic amines) is 1. The molecule has 5 aliphatic rings. The Morgan fingerprint density at radius 1 is 1.07 bits per heavy atom. The number of esters is 1. The van der Waals surface area contributed by atoms with E-state index >= 15 is 0 Å². The maximum Gasteiger partial charge on any atom is 0.329 e. The number of hydrogen-bond acceptors (Lipinski definition) is 5. The van der Waals surface area contributed by atoms with Crippen LogP contribution in [0.4, 0.5) is 0 Å². The van der Waals surface area contributed by atoms with Crippen molar-refractivity contribution in [2.75, 3.05) is 6.54 Å². The van der Waals surface area contributed by atoms with Crippen LogP contribution in [0.1, 0.15) is 56.1 Å². The lowest BCUT2D eigenvalue weighted by Crippen LogP contribution is -2.56. The third kappa shape index (κ3) is 3.39. The second-order valence-corrected chi connectivity index (χ2v) is 9.98. The highest BCUT2D eigenvalue weighted by Crippen LogP contribution is 2.60. The monoisotopic (exact) mass is 408 g/mol. The maximum absolute atomic E-state index is 13.7. The van der Waals surface area contributed by atoms with Crippen molar-refractivity contribution in [1.29, 1.82) is 5.26 Å². The number of carbonyl (C=O) groups excluding carboxylic acids is 2. The average molecular weight is 408 g/mol. The molecule has 30 heavy (non-hydrogen) atoms. The highest BCUT2D eigenvalue weighted by Gasteiger charge is 2.57. The van der Waals surface area contributed by atoms with E-state index in [1.54, 1.807) is 29.2 Å². The number of amides is 1. The van der Waals surface area contributed by atoms with E-state index in [0.29, 0.717) is 23.3 Å². The lowest BCUT2D eigenvalue weighted by atomic mass is 9.49. The molecule has 1 saturated heterocycles. The topological polar surface area (TPSA) is 90.6 Å². The summed E-state index contributed by atoms with van der Waals surface area (Å²) in [5.74, 6) is 1.56. The molecule has 1 heterocycles. The summed E-state index contributed by atoms with van der Waals surface area (Å²) in [7, 11) is 0. The molecule has 6 heteroatoms. The number of nitriles is 1. The van der Waals surface area contributed by atoms with Gasteiger partial charge in [0, 0.05) is 13.0 Å². The summed E-state index contributed by atoms with van der Waals surface area (Å²) in [6.45, 7) is 0.313. The van der Waals surface area contributed by atoms with Gasteiger partial charge in [0.1, 0.15) is 12.6 Å². The minimum Gasteiger partial charge on any atom is -0.459 e. The van der Waals surface area contributed by atoms with Crippen molar-refractivity contribution in [3.8, 4) is 6.07 Å². The molecule has 6 nitrogen and oxygen atoms in total. The van der Waals surface area contributed by atoms with Crippen molar-refractivity contribution >= 4 is 11.9 Å². The van der Waals surface area contributed by atoms with Crippen LogP contribution in [0.2, 0.25) is 0 Å². The molecule has 1 aromatic rings. The highest BCUT2D eigenvalue weighted by atomic mass is 16.5. The zero-order chi connectivity index (χ0) is 20.9. The third-order valence-corrected chi connectivity index (χ3v) is 7.77. The molecule has 1 amide bonds. The lowest BCUT2D eigenvalue weighted by Gasteiger charge is -2.56. The molecule has 158 valence electrons. The zero-order valence-corrected chi connectivity index (χ0v) is 17.1. The van der Waals surface area contributed by atoms with E-state index in [0.717, 1.165) is 24.8 Å². The van der Waals surface area contributed by atoms with Gasteiger partial charge in [-0.3, -0.25) is 4.79 Å². The first-order valence-electron chi connectivity index (χ1n) is 11.1. The van der Waals surface area contributed by atoms with Gasteiger partial charge in [0.25, 0.3) is 0 Å². The zero-order valence-electron chi connectivity index (χ0n) is 17.1. The summed E-state index contributed by atoms with van der Waals surface area (Å²) in [6.07, 6.45) is 6.15. The standard InChI is InChI=1S/C24H28N2O4/c25-12-15-1-3-16(4-2-15)14-30-22(28)21-8-20(27)13-26(21)23(29)24-9-17-5-18(10-24)7-19(6-17)11-24/h1-4,17-21,27H,5-11,13-14H2/t17?,18?,19?,20-,21+,24?/m0/s1. The van der Waals surface area contributed by atoms with E-state index in [9.17, 15) is 14.7 Å². The van der Waals surface area contributed by atoms with E-state index in [4.69, 9.17) is 10.00 Å². The van der Waals surface area contributed by atoms with Crippen molar-refractivity contribution in [2.24, 2.45) is 23.2 Å². The molecule has 2 atom stereocenters. The van der Waals surface area contributed by atoms with Gasteiger partial charge in [-0.05, 0) is 74.0 Å². The average Bonchev–Trinajstić information content (AvgIpc) is 3.12. The van der Waals surface area contributed by atoms with Crippen molar-refractivity contribution in [3.05, 3.63) is 35.4 Å². The Balaban J connectivity index is 1.28. The summed E-state index contributed by atoms with van der Waals surface area (Å²) in [5.41, 5.74) is 1.01. The molecule has 6 rings (SSSR count). The molecule has 0 radical (unpaired) electrons. The smallest absolute Gasteiger partial charge is 0.329 e. The van der Waals surface area contributed by atoms with Gasteiger partial charge in [0.05, 0.1) is 23.2 Å². The number of aliphatic hydroxyl groups excluding tert-OH is 1. The van der Waals surface area contributed by atoms with Crippen LogP contribution in [0, 0.1) is 34.5 Å². The van der Waals surface area contributed by atoms with Gasteiger partial charge < -0.3 is 14.7 Å². The van der Waals surface area contributed by atoms with Gasteiger partial charge >= 0.3 is 5.97 Å². The summed E-state index contributed by atoms with van der Waals surface area (Å²) in [4.78, 5) is 28.2. The predicted octanol–water partition coefficient (Wildman–Crippen LogP) is 2.78. The van der Waals surface area contributed by atoms with Crippen molar-refractivity contribution in [1.82, 2.24) is 4.90 Å². The molecule has 5 fully saturated rings. The molecule has 1 aromatic carbocycles. The van der Waals surface area contributed by atoms with Gasteiger partial charge in [0.2, 0.25) is 5.91 Å². The number of β-amino-alcohol motifs (C(OH)–C–C–N with tert-alkyl or cyclic N) is 1. The second kappa shape index (κ2) is 7.39. The van der Waals surface area contributed by atoms with Crippen LogP contribution >= 0.6 is 0 Å². The van der Waals surface area contributed by atoms with Crippen molar-refractivity contribution < 1.29 is 19.4 Å². The largest absolute Gasteiger partial charge is 0.459 e. The fourth-order valence-corrected chi connectivity index (χ4v) is 6.87. The van der Waals surface area contributed by atoms with Crippen LogP contribution in [-0.2, 0) is 20.9 Å². The molecular formula is C24H28N2O4. The summed E-state index contributed by atoms with van der Waals surface area (Å²) in [5, 5.41) is 19.1. The highest BCUT2D eigenvalue weighted by molar-refractivity contribution is 5.89. The molecule has 0 unspecified atom stereocenters. The number of ether oxygens (including phenoxy) is 1. The van der Waals surface area contributed by atoms with Crippen LogP contribution < -0.4 is 0 Å². The Hall–Kier alpha value is -2.39. The lowest BCUT2D eigenvalue weighted by molar-refractivity contribution is -0.166. The van der Waals surface area contributed by atoms with Crippen LogP contribution in [0.3, 0.4) is 0 Å². The molecule has 4 saturated carbocycles. The number of nitrogens with zero attached hydrogens (tertiary/aromatic N) is 2. The van der Waals surface area contributed by atoms with E-state index < -0.39 is 18.1 Å². The van der Waals surface area contributed by atoms with Gasteiger partial charge in [-0.1, -0.05) is 12.1 Å². The van der Waals surface area contributed by atoms with E-state index in [-0.39, 0.29) is 30.9 Å². The molecule has 0 aromatic heterocycles. The normalized spacial score (nSPS) is 36.5. The van der Waals surface area contributed by atoms with Crippen molar-refractivity contribution in [2.45, 2.75) is 63.7 Å². The quantitative estimate of drug-likeness (QED) is 0.774. The number of carbonyl (C=O) groups is 2. The Labute approximate surface area is 176 Å². The molecule has 4 bridgehead atoms. The fourth-order valence-electron chi connectivity index (χ4n) is 6.87. The van der Waals surface area contributed by atoms with E-state index in [2.05, 4.69) is 6.07 Å². The number of aliphatic hydroxyl groups is 1. The number of rotatable bonds is 4. The summed E-state index contributed by atoms with van der Waals surface area (Å²) < 4.78 is 5.51. The maximum atomic E-state index is 13.7. The van der Waals surface area contributed by atoms with Gasteiger partial charge in [0.15, 0.2) is 0 Å². The first-order valence-corrected chi connectivity index (χ1v) is 11.1. The van der Waals surface area contributed by atoms with Crippen LogP contribution in [-0.4, -0.2) is 40.6 Å². The molecule has 1 aliphatic heterocycles.